The van der Waals surface area contributed by atoms with E-state index in [2.05, 4.69) is 31.4 Å². The number of hydrazone groups is 1. The Kier molecular flexibility index (Phi) is 5.05. The predicted molar refractivity (Wildman–Crippen MR) is 99.5 cm³/mol. The lowest BCUT2D eigenvalue weighted by Gasteiger charge is -1.99. The summed E-state index contributed by atoms with van der Waals surface area (Å²) in [6.07, 6.45) is 1.75. The molecule has 0 aliphatic carbocycles. The summed E-state index contributed by atoms with van der Waals surface area (Å²) in [5.74, 6) is 0.828. The van der Waals surface area contributed by atoms with Crippen LogP contribution in [0.25, 0.3) is 11.3 Å². The van der Waals surface area contributed by atoms with Gasteiger partial charge in [0.15, 0.2) is 0 Å². The third-order valence-corrected chi connectivity index (χ3v) is 4.41. The van der Waals surface area contributed by atoms with Gasteiger partial charge in [0.25, 0.3) is 0 Å². The fourth-order valence-electron chi connectivity index (χ4n) is 1.93. The van der Waals surface area contributed by atoms with Crippen molar-refractivity contribution in [1.82, 2.24) is 4.98 Å². The summed E-state index contributed by atoms with van der Waals surface area (Å²) in [6.45, 7) is 0. The Bertz CT molecular complexity index is 797. The number of rotatable bonds is 5. The average molecular weight is 388 g/mol. The molecule has 0 unspecified atom stereocenters. The van der Waals surface area contributed by atoms with Gasteiger partial charge in [-0.25, -0.2) is 4.98 Å². The zero-order valence-electron chi connectivity index (χ0n) is 12.4. The van der Waals surface area contributed by atoms with Gasteiger partial charge in [0.1, 0.15) is 5.75 Å². The van der Waals surface area contributed by atoms with E-state index in [9.17, 15) is 0 Å². The summed E-state index contributed by atoms with van der Waals surface area (Å²) >= 11 is 4.95. The Morgan fingerprint density at radius 1 is 1.13 bits per heavy atom. The van der Waals surface area contributed by atoms with Crippen molar-refractivity contribution in [3.63, 3.8) is 0 Å². The monoisotopic (exact) mass is 387 g/mol. The van der Waals surface area contributed by atoms with E-state index in [4.69, 9.17) is 4.74 Å². The first-order valence-corrected chi connectivity index (χ1v) is 8.56. The van der Waals surface area contributed by atoms with E-state index >= 15 is 0 Å². The summed E-state index contributed by atoms with van der Waals surface area (Å²) in [5.41, 5.74) is 5.96. The summed E-state index contributed by atoms with van der Waals surface area (Å²) < 4.78 is 6.18. The number of nitrogens with one attached hydrogen (secondary N) is 1. The molecule has 0 fully saturated rings. The molecule has 4 nitrogen and oxygen atoms in total. The molecular formula is C17H14BrN3OS. The fourth-order valence-corrected chi connectivity index (χ4v) is 2.86. The molecule has 1 N–H and O–H groups in total. The van der Waals surface area contributed by atoms with Crippen molar-refractivity contribution in [2.75, 3.05) is 12.5 Å². The van der Waals surface area contributed by atoms with Crippen molar-refractivity contribution in [2.45, 2.75) is 0 Å². The number of anilines is 1. The normalized spacial score (nSPS) is 10.9. The first-order valence-electron chi connectivity index (χ1n) is 6.89. The molecule has 0 atom stereocenters. The van der Waals surface area contributed by atoms with Crippen LogP contribution >= 0.6 is 27.3 Å². The van der Waals surface area contributed by atoms with Crippen LogP contribution in [-0.2, 0) is 0 Å². The van der Waals surface area contributed by atoms with Crippen LogP contribution in [0.15, 0.2) is 63.5 Å². The highest BCUT2D eigenvalue weighted by atomic mass is 79.9. The van der Waals surface area contributed by atoms with E-state index in [0.29, 0.717) is 0 Å². The minimum absolute atomic E-state index is 0.757. The summed E-state index contributed by atoms with van der Waals surface area (Å²) in [7, 11) is 1.65. The second-order valence-corrected chi connectivity index (χ2v) is 6.46. The van der Waals surface area contributed by atoms with Crippen LogP contribution in [0.1, 0.15) is 5.56 Å². The minimum atomic E-state index is 0.757. The highest BCUT2D eigenvalue weighted by Gasteiger charge is 2.03. The zero-order chi connectivity index (χ0) is 16.1. The molecule has 0 aliphatic rings. The van der Waals surface area contributed by atoms with E-state index in [-0.39, 0.29) is 0 Å². The molecule has 0 spiro atoms. The molecule has 0 saturated carbocycles. The number of hydrogen-bond acceptors (Lipinski definition) is 5. The lowest BCUT2D eigenvalue weighted by molar-refractivity contribution is 0.415. The largest absolute Gasteiger partial charge is 0.497 e. The number of thiazole rings is 1. The molecule has 23 heavy (non-hydrogen) atoms. The van der Waals surface area contributed by atoms with E-state index in [1.165, 1.54) is 11.3 Å². The molecule has 1 aromatic heterocycles. The van der Waals surface area contributed by atoms with E-state index in [1.54, 1.807) is 13.3 Å². The molecule has 6 heteroatoms. The number of hydrogen-bond donors (Lipinski definition) is 1. The predicted octanol–water partition coefficient (Wildman–Crippen LogP) is 5.03. The molecule has 0 radical (unpaired) electrons. The van der Waals surface area contributed by atoms with Gasteiger partial charge in [0.2, 0.25) is 5.13 Å². The van der Waals surface area contributed by atoms with E-state index in [1.807, 2.05) is 53.9 Å². The Morgan fingerprint density at radius 3 is 2.57 bits per heavy atom. The smallest absolute Gasteiger partial charge is 0.203 e. The first-order chi connectivity index (χ1) is 11.2. The van der Waals surface area contributed by atoms with Gasteiger partial charge in [-0.3, -0.25) is 5.43 Å². The fraction of sp³-hybridized carbons (Fsp3) is 0.0588. The third-order valence-electron chi connectivity index (χ3n) is 3.13. The van der Waals surface area contributed by atoms with E-state index in [0.717, 1.165) is 32.2 Å². The van der Waals surface area contributed by atoms with Crippen molar-refractivity contribution in [2.24, 2.45) is 5.10 Å². The Balaban J connectivity index is 1.64. The van der Waals surface area contributed by atoms with Gasteiger partial charge in [0.05, 0.1) is 19.0 Å². The van der Waals surface area contributed by atoms with Gasteiger partial charge in [-0.05, 0) is 42.0 Å². The maximum absolute atomic E-state index is 5.12. The molecule has 0 saturated heterocycles. The number of benzene rings is 2. The van der Waals surface area contributed by atoms with Crippen LogP contribution in [0.5, 0.6) is 5.75 Å². The number of methoxy groups -OCH3 is 1. The van der Waals surface area contributed by atoms with Crippen molar-refractivity contribution in [1.29, 1.82) is 0 Å². The van der Waals surface area contributed by atoms with Crippen LogP contribution in [-0.4, -0.2) is 18.3 Å². The van der Waals surface area contributed by atoms with Gasteiger partial charge in [-0.2, -0.15) is 5.10 Å². The van der Waals surface area contributed by atoms with Crippen LogP contribution in [0.4, 0.5) is 5.13 Å². The quantitative estimate of drug-likeness (QED) is 0.493. The van der Waals surface area contributed by atoms with Crippen LogP contribution in [0.3, 0.4) is 0 Å². The Hall–Kier alpha value is -2.18. The van der Waals surface area contributed by atoms with Crippen LogP contribution in [0.2, 0.25) is 0 Å². The lowest BCUT2D eigenvalue weighted by atomic mass is 10.2. The average Bonchev–Trinajstić information content (AvgIpc) is 3.05. The molecule has 1 heterocycles. The first kappa shape index (κ1) is 15.7. The lowest BCUT2D eigenvalue weighted by Crippen LogP contribution is -1.90. The topological polar surface area (TPSA) is 46.5 Å². The van der Waals surface area contributed by atoms with E-state index < -0.39 is 0 Å². The summed E-state index contributed by atoms with van der Waals surface area (Å²) in [4.78, 5) is 4.53. The van der Waals surface area contributed by atoms with Crippen LogP contribution in [0, 0.1) is 0 Å². The van der Waals surface area contributed by atoms with Gasteiger partial charge in [0, 0.05) is 15.4 Å². The van der Waals surface area contributed by atoms with Crippen molar-refractivity contribution in [3.8, 4) is 17.0 Å². The molecule has 0 aliphatic heterocycles. The van der Waals surface area contributed by atoms with Crippen molar-refractivity contribution in [3.05, 3.63) is 63.9 Å². The highest BCUT2D eigenvalue weighted by molar-refractivity contribution is 9.10. The Labute approximate surface area is 147 Å². The third kappa shape index (κ3) is 4.18. The number of aromatic nitrogens is 1. The second-order valence-electron chi connectivity index (χ2n) is 4.69. The Morgan fingerprint density at radius 2 is 1.87 bits per heavy atom. The highest BCUT2D eigenvalue weighted by Crippen LogP contribution is 2.26. The van der Waals surface area contributed by atoms with Gasteiger partial charge >= 0.3 is 0 Å². The van der Waals surface area contributed by atoms with Gasteiger partial charge in [-0.15, -0.1) is 11.3 Å². The summed E-state index contributed by atoms with van der Waals surface area (Å²) in [6, 6.07) is 15.8. The maximum Gasteiger partial charge on any atom is 0.203 e. The number of ether oxygens (including phenoxy) is 1. The second kappa shape index (κ2) is 7.39. The standard InChI is InChI=1S/C17H14BrN3OS/c1-22-15-8-2-12(3-9-15)10-19-21-17-20-16(11-23-17)13-4-6-14(18)7-5-13/h2-11H,1H3,(H,20,21). The summed E-state index contributed by atoms with van der Waals surface area (Å²) in [5, 5.41) is 6.98. The van der Waals surface area contributed by atoms with Gasteiger partial charge in [-0.1, -0.05) is 28.1 Å². The number of nitrogens with zero attached hydrogens (tertiary/aromatic N) is 2. The molecule has 116 valence electrons. The molecular weight excluding hydrogens is 374 g/mol. The molecule has 2 aromatic carbocycles. The van der Waals surface area contributed by atoms with Crippen molar-refractivity contribution >= 4 is 38.6 Å². The molecule has 3 aromatic rings. The molecule has 3 rings (SSSR count). The van der Waals surface area contributed by atoms with Gasteiger partial charge < -0.3 is 4.74 Å². The zero-order valence-corrected chi connectivity index (χ0v) is 14.8. The molecule has 0 bridgehead atoms. The SMILES string of the molecule is COc1ccc(C=NNc2nc(-c3ccc(Br)cc3)cs2)cc1. The van der Waals surface area contributed by atoms with Crippen molar-refractivity contribution < 1.29 is 4.74 Å². The van der Waals surface area contributed by atoms with Crippen LogP contribution < -0.4 is 10.2 Å². The maximum atomic E-state index is 5.12. The number of halogens is 1. The molecule has 0 amide bonds. The minimum Gasteiger partial charge on any atom is -0.497 e.